The van der Waals surface area contributed by atoms with Crippen molar-refractivity contribution < 1.29 is 0 Å². The molecule has 2 rings (SSSR count). The maximum absolute atomic E-state index is 8.71. The van der Waals surface area contributed by atoms with Crippen LogP contribution in [0.25, 0.3) is 10.6 Å². The van der Waals surface area contributed by atoms with Gasteiger partial charge in [0, 0.05) is 10.9 Å². The molecule has 0 fully saturated rings. The fourth-order valence-corrected chi connectivity index (χ4v) is 2.36. The zero-order valence-corrected chi connectivity index (χ0v) is 10.1. The Morgan fingerprint density at radius 1 is 1.25 bits per heavy atom. The van der Waals surface area contributed by atoms with Crippen molar-refractivity contribution in [1.29, 1.82) is 5.26 Å². The van der Waals surface area contributed by atoms with Crippen LogP contribution in [0.3, 0.4) is 0 Å². The molecule has 80 valence electrons. The molecule has 1 aromatic carbocycles. The van der Waals surface area contributed by atoms with Gasteiger partial charge in [-0.05, 0) is 18.1 Å². The van der Waals surface area contributed by atoms with Crippen LogP contribution in [0.15, 0.2) is 29.6 Å². The minimum Gasteiger partial charge on any atom is -0.241 e. The van der Waals surface area contributed by atoms with Gasteiger partial charge in [0.1, 0.15) is 5.01 Å². The van der Waals surface area contributed by atoms with E-state index in [0.717, 1.165) is 16.3 Å². The van der Waals surface area contributed by atoms with E-state index in [4.69, 9.17) is 5.26 Å². The molecule has 2 aromatic rings. The van der Waals surface area contributed by atoms with Crippen LogP contribution in [0, 0.1) is 11.3 Å². The summed E-state index contributed by atoms with van der Waals surface area (Å²) in [6.45, 7) is 4.27. The Hall–Kier alpha value is -1.66. The van der Waals surface area contributed by atoms with Crippen LogP contribution in [-0.4, -0.2) is 4.98 Å². The number of hydrogen-bond acceptors (Lipinski definition) is 3. The third-order valence-corrected chi connectivity index (χ3v) is 3.28. The smallest absolute Gasteiger partial charge is 0.123 e. The molecule has 16 heavy (non-hydrogen) atoms. The van der Waals surface area contributed by atoms with E-state index in [0.29, 0.717) is 11.5 Å². The Balaban J connectivity index is 2.32. The molecule has 0 saturated carbocycles. The molecule has 0 aliphatic carbocycles. The normalized spacial score (nSPS) is 10.4. The Labute approximate surface area is 99.2 Å². The first-order valence-corrected chi connectivity index (χ1v) is 6.04. The van der Waals surface area contributed by atoms with Crippen LogP contribution in [0.1, 0.15) is 31.0 Å². The van der Waals surface area contributed by atoms with Crippen LogP contribution in [0.4, 0.5) is 0 Å². The predicted octanol–water partition coefficient (Wildman–Crippen LogP) is 3.81. The van der Waals surface area contributed by atoms with E-state index < -0.39 is 0 Å². The summed E-state index contributed by atoms with van der Waals surface area (Å²) in [4.78, 5) is 4.57. The minimum atomic E-state index is 0.461. The summed E-state index contributed by atoms with van der Waals surface area (Å²) in [6.07, 6.45) is 0. The number of aromatic nitrogens is 1. The summed E-state index contributed by atoms with van der Waals surface area (Å²) in [6, 6.07) is 9.65. The highest BCUT2D eigenvalue weighted by molar-refractivity contribution is 7.13. The van der Waals surface area contributed by atoms with Gasteiger partial charge in [-0.25, -0.2) is 4.98 Å². The van der Waals surface area contributed by atoms with Crippen molar-refractivity contribution in [3.8, 4) is 16.6 Å². The number of nitrogens with zero attached hydrogens (tertiary/aromatic N) is 2. The van der Waals surface area contributed by atoms with Gasteiger partial charge in [0.05, 0.1) is 17.3 Å². The van der Waals surface area contributed by atoms with Crippen LogP contribution in [0.2, 0.25) is 0 Å². The van der Waals surface area contributed by atoms with Gasteiger partial charge in [0.2, 0.25) is 0 Å². The second kappa shape index (κ2) is 4.46. The Morgan fingerprint density at radius 2 is 1.94 bits per heavy atom. The largest absolute Gasteiger partial charge is 0.241 e. The zero-order valence-electron chi connectivity index (χ0n) is 9.27. The maximum Gasteiger partial charge on any atom is 0.123 e. The van der Waals surface area contributed by atoms with Gasteiger partial charge in [-0.1, -0.05) is 26.0 Å². The van der Waals surface area contributed by atoms with Crippen molar-refractivity contribution in [3.63, 3.8) is 0 Å². The molecular weight excluding hydrogens is 216 g/mol. The van der Waals surface area contributed by atoms with Gasteiger partial charge < -0.3 is 0 Å². The molecule has 0 aliphatic rings. The standard InChI is InChI=1S/C13H12N2S/c1-9(2)12-8-16-13(15-12)11-5-3-10(7-14)4-6-11/h3-6,8-9H,1-2H3. The summed E-state index contributed by atoms with van der Waals surface area (Å²) in [5, 5.41) is 11.8. The number of benzene rings is 1. The van der Waals surface area contributed by atoms with Crippen molar-refractivity contribution >= 4 is 11.3 Å². The first kappa shape index (κ1) is 10.8. The minimum absolute atomic E-state index is 0.461. The first-order chi connectivity index (χ1) is 7.70. The maximum atomic E-state index is 8.71. The van der Waals surface area contributed by atoms with Crippen LogP contribution < -0.4 is 0 Å². The van der Waals surface area contributed by atoms with Crippen molar-refractivity contribution in [2.45, 2.75) is 19.8 Å². The Bertz CT molecular complexity index is 518. The Kier molecular flexibility index (Phi) is 3.02. The second-order valence-electron chi connectivity index (χ2n) is 3.92. The highest BCUT2D eigenvalue weighted by Gasteiger charge is 2.07. The lowest BCUT2D eigenvalue weighted by Crippen LogP contribution is -1.86. The topological polar surface area (TPSA) is 36.7 Å². The predicted molar refractivity (Wildman–Crippen MR) is 66.4 cm³/mol. The first-order valence-electron chi connectivity index (χ1n) is 5.16. The van der Waals surface area contributed by atoms with Crippen molar-refractivity contribution in [2.75, 3.05) is 0 Å². The van der Waals surface area contributed by atoms with Gasteiger partial charge >= 0.3 is 0 Å². The van der Waals surface area contributed by atoms with E-state index >= 15 is 0 Å². The van der Waals surface area contributed by atoms with Gasteiger partial charge in [-0.2, -0.15) is 5.26 Å². The summed E-state index contributed by atoms with van der Waals surface area (Å²) < 4.78 is 0. The van der Waals surface area contributed by atoms with Crippen molar-refractivity contribution in [1.82, 2.24) is 4.98 Å². The van der Waals surface area contributed by atoms with E-state index in [9.17, 15) is 0 Å². The van der Waals surface area contributed by atoms with Crippen LogP contribution in [0.5, 0.6) is 0 Å². The molecule has 0 amide bonds. The molecule has 0 aliphatic heterocycles. The highest BCUT2D eigenvalue weighted by Crippen LogP contribution is 2.26. The van der Waals surface area contributed by atoms with Gasteiger partial charge in [0.15, 0.2) is 0 Å². The lowest BCUT2D eigenvalue weighted by molar-refractivity contribution is 0.834. The van der Waals surface area contributed by atoms with Crippen molar-refractivity contribution in [3.05, 3.63) is 40.9 Å². The van der Waals surface area contributed by atoms with Crippen LogP contribution in [-0.2, 0) is 0 Å². The third-order valence-electron chi connectivity index (χ3n) is 2.37. The van der Waals surface area contributed by atoms with E-state index in [-0.39, 0.29) is 0 Å². The molecule has 0 saturated heterocycles. The summed E-state index contributed by atoms with van der Waals surface area (Å²) in [5.74, 6) is 0.461. The van der Waals surface area contributed by atoms with E-state index in [2.05, 4.69) is 30.3 Å². The summed E-state index contributed by atoms with van der Waals surface area (Å²) >= 11 is 1.65. The van der Waals surface area contributed by atoms with Crippen molar-refractivity contribution in [2.24, 2.45) is 0 Å². The lowest BCUT2D eigenvalue weighted by Gasteiger charge is -1.98. The molecule has 0 radical (unpaired) electrons. The zero-order chi connectivity index (χ0) is 11.5. The summed E-state index contributed by atoms with van der Waals surface area (Å²) in [5.41, 5.74) is 2.89. The van der Waals surface area contributed by atoms with Crippen LogP contribution >= 0.6 is 11.3 Å². The SMILES string of the molecule is CC(C)c1csc(-c2ccc(C#N)cc2)n1. The molecule has 1 heterocycles. The molecule has 1 aromatic heterocycles. The fourth-order valence-electron chi connectivity index (χ4n) is 1.37. The van der Waals surface area contributed by atoms with Gasteiger partial charge in [-0.3, -0.25) is 0 Å². The van der Waals surface area contributed by atoms with E-state index in [1.54, 1.807) is 11.3 Å². The van der Waals surface area contributed by atoms with Gasteiger partial charge in [0.25, 0.3) is 0 Å². The number of thiazole rings is 1. The average molecular weight is 228 g/mol. The molecule has 0 bridgehead atoms. The van der Waals surface area contributed by atoms with E-state index in [1.165, 1.54) is 0 Å². The molecule has 3 heteroatoms. The number of nitriles is 1. The number of hydrogen-bond donors (Lipinski definition) is 0. The second-order valence-corrected chi connectivity index (χ2v) is 4.78. The third kappa shape index (κ3) is 2.12. The average Bonchev–Trinajstić information content (AvgIpc) is 2.78. The molecule has 2 nitrogen and oxygen atoms in total. The number of rotatable bonds is 2. The van der Waals surface area contributed by atoms with E-state index in [1.807, 2.05) is 24.3 Å². The van der Waals surface area contributed by atoms with Gasteiger partial charge in [-0.15, -0.1) is 11.3 Å². The fraction of sp³-hybridized carbons (Fsp3) is 0.231. The lowest BCUT2D eigenvalue weighted by atomic mass is 10.1. The highest BCUT2D eigenvalue weighted by atomic mass is 32.1. The molecule has 0 spiro atoms. The Morgan fingerprint density at radius 3 is 2.44 bits per heavy atom. The molecular formula is C13H12N2S. The monoisotopic (exact) mass is 228 g/mol. The quantitative estimate of drug-likeness (QED) is 0.783. The molecule has 0 atom stereocenters. The molecule has 0 N–H and O–H groups in total. The summed E-state index contributed by atoms with van der Waals surface area (Å²) in [7, 11) is 0. The molecule has 0 unspecified atom stereocenters.